The van der Waals surface area contributed by atoms with Crippen LogP contribution < -0.4 is 15.9 Å². The number of nitrogens with one attached hydrogen (secondary N) is 1. The lowest BCUT2D eigenvalue weighted by molar-refractivity contribution is 0.405. The van der Waals surface area contributed by atoms with Gasteiger partial charge in [-0.15, -0.1) is 0 Å². The van der Waals surface area contributed by atoms with E-state index in [1.165, 1.54) is 16.7 Å². The van der Waals surface area contributed by atoms with Gasteiger partial charge in [0, 0.05) is 40.9 Å². The Morgan fingerprint density at radius 1 is 1.26 bits per heavy atom. The molecule has 5 heteroatoms. The fourth-order valence-corrected chi connectivity index (χ4v) is 3.96. The number of anilines is 1. The van der Waals surface area contributed by atoms with Crippen molar-refractivity contribution in [1.82, 2.24) is 9.88 Å². The number of hydrogen-bond donors (Lipinski definition) is 2. The van der Waals surface area contributed by atoms with Gasteiger partial charge in [-0.25, -0.2) is 9.98 Å². The third-order valence-electron chi connectivity index (χ3n) is 5.27. The van der Waals surface area contributed by atoms with Crippen molar-refractivity contribution in [2.75, 3.05) is 32.5 Å². The summed E-state index contributed by atoms with van der Waals surface area (Å²) in [6.07, 6.45) is 6.93. The van der Waals surface area contributed by atoms with Gasteiger partial charge in [-0.3, -0.25) is 0 Å². The average molecular weight is 362 g/mol. The van der Waals surface area contributed by atoms with Gasteiger partial charge in [-0.05, 0) is 57.1 Å². The predicted molar refractivity (Wildman–Crippen MR) is 108 cm³/mol. The van der Waals surface area contributed by atoms with E-state index in [4.69, 9.17) is 4.99 Å². The molecule has 1 aromatic carbocycles. The summed E-state index contributed by atoms with van der Waals surface area (Å²) in [4.78, 5) is 11.0. The number of nitrogens with zero attached hydrogens (tertiary/aromatic N) is 3. The number of aromatic nitrogens is 1. The predicted octanol–water partition coefficient (Wildman–Crippen LogP) is 1.99. The molecule has 4 rings (SSSR count). The number of aryl methyl sites for hydroxylation is 1. The van der Waals surface area contributed by atoms with Crippen molar-refractivity contribution >= 4 is 11.3 Å². The largest absolute Gasteiger partial charge is 0.493 e. The minimum absolute atomic E-state index is 0.0157. The van der Waals surface area contributed by atoms with E-state index in [0.717, 1.165) is 59.9 Å². The topological polar surface area (TPSA) is 60.8 Å². The van der Waals surface area contributed by atoms with E-state index in [1.807, 2.05) is 0 Å². The van der Waals surface area contributed by atoms with Crippen LogP contribution in [-0.2, 0) is 12.8 Å². The minimum atomic E-state index is 0.0157. The van der Waals surface area contributed by atoms with Crippen molar-refractivity contribution in [2.24, 2.45) is 4.99 Å². The zero-order valence-electron chi connectivity index (χ0n) is 16.2. The van der Waals surface area contributed by atoms with Crippen LogP contribution in [0.2, 0.25) is 0 Å². The first-order valence-electron chi connectivity index (χ1n) is 9.60. The summed E-state index contributed by atoms with van der Waals surface area (Å²) in [6.45, 7) is 4.20. The molecule has 0 amide bonds. The van der Waals surface area contributed by atoms with Gasteiger partial charge >= 0.3 is 0 Å². The highest BCUT2D eigenvalue weighted by molar-refractivity contribution is 5.90. The molecular formula is C22H26N4O. The van der Waals surface area contributed by atoms with Gasteiger partial charge in [0.05, 0.1) is 11.1 Å². The van der Waals surface area contributed by atoms with Crippen LogP contribution in [0.1, 0.15) is 30.0 Å². The summed E-state index contributed by atoms with van der Waals surface area (Å²) in [5, 5.41) is 15.2. The van der Waals surface area contributed by atoms with E-state index in [1.54, 1.807) is 12.3 Å². The third kappa shape index (κ3) is 3.23. The van der Waals surface area contributed by atoms with E-state index in [9.17, 15) is 5.11 Å². The zero-order valence-corrected chi connectivity index (χ0v) is 16.2. The highest BCUT2D eigenvalue weighted by atomic mass is 16.3. The van der Waals surface area contributed by atoms with Crippen molar-refractivity contribution in [3.63, 3.8) is 0 Å². The van der Waals surface area contributed by atoms with E-state index in [2.05, 4.69) is 54.4 Å². The Morgan fingerprint density at radius 2 is 2.11 bits per heavy atom. The molecule has 1 aromatic heterocycles. The molecule has 0 radical (unpaired) electrons. The molecule has 0 saturated carbocycles. The Morgan fingerprint density at radius 3 is 2.89 bits per heavy atom. The first-order valence-corrected chi connectivity index (χ1v) is 9.60. The molecule has 27 heavy (non-hydrogen) atoms. The molecule has 2 aliphatic rings. The Bertz CT molecular complexity index is 1040. The highest BCUT2D eigenvalue weighted by Gasteiger charge is 2.26. The first kappa shape index (κ1) is 17.7. The molecular weight excluding hydrogens is 336 g/mol. The molecule has 5 nitrogen and oxygen atoms in total. The minimum Gasteiger partial charge on any atom is -0.493 e. The summed E-state index contributed by atoms with van der Waals surface area (Å²) in [5.41, 5.74) is 7.32. The van der Waals surface area contributed by atoms with Crippen molar-refractivity contribution in [2.45, 2.75) is 26.2 Å². The molecule has 0 bridgehead atoms. The Labute approximate surface area is 159 Å². The highest BCUT2D eigenvalue weighted by Crippen LogP contribution is 2.38. The number of allylic oxidation sites excluding steroid dienone is 2. The Balaban J connectivity index is 1.82. The monoisotopic (exact) mass is 362 g/mol. The number of pyridine rings is 1. The lowest BCUT2D eigenvalue weighted by atomic mass is 9.85. The molecule has 2 N–H and O–H groups in total. The normalized spacial score (nSPS) is 14.4. The summed E-state index contributed by atoms with van der Waals surface area (Å²) in [5.74, 6) is 0.0157. The molecule has 140 valence electrons. The van der Waals surface area contributed by atoms with Crippen molar-refractivity contribution in [3.8, 4) is 5.88 Å². The second kappa shape index (κ2) is 7.16. The SMILES string of the molecule is CCc1ccc(NCCCN(C)C)c2c1CC=C1N=c3cc(O)ncc3=C12. The Kier molecular flexibility index (Phi) is 4.70. The second-order valence-electron chi connectivity index (χ2n) is 7.40. The molecule has 0 fully saturated rings. The van der Waals surface area contributed by atoms with Gasteiger partial charge < -0.3 is 15.3 Å². The van der Waals surface area contributed by atoms with Crippen LogP contribution in [0.5, 0.6) is 5.88 Å². The van der Waals surface area contributed by atoms with Gasteiger partial charge in [0.2, 0.25) is 5.88 Å². The van der Waals surface area contributed by atoms with Gasteiger partial charge in [0.15, 0.2) is 0 Å². The van der Waals surface area contributed by atoms with Crippen LogP contribution >= 0.6 is 0 Å². The van der Waals surface area contributed by atoms with Crippen molar-refractivity contribution in [3.05, 3.63) is 63.4 Å². The number of rotatable bonds is 6. The number of fused-ring (bicyclic) bond motifs is 4. The molecule has 1 aliphatic heterocycles. The fourth-order valence-electron chi connectivity index (χ4n) is 3.96. The van der Waals surface area contributed by atoms with Crippen molar-refractivity contribution in [1.29, 1.82) is 0 Å². The lowest BCUT2D eigenvalue weighted by Gasteiger charge is -2.23. The quantitative estimate of drug-likeness (QED) is 0.772. The smallest absolute Gasteiger partial charge is 0.212 e. The van der Waals surface area contributed by atoms with Gasteiger partial charge in [-0.1, -0.05) is 19.1 Å². The second-order valence-corrected chi connectivity index (χ2v) is 7.40. The number of hydrogen-bond acceptors (Lipinski definition) is 5. The molecule has 2 heterocycles. The fraction of sp³-hybridized carbons (Fsp3) is 0.364. The molecule has 0 saturated heterocycles. The van der Waals surface area contributed by atoms with E-state index in [-0.39, 0.29) is 5.88 Å². The molecule has 0 unspecified atom stereocenters. The van der Waals surface area contributed by atoms with E-state index >= 15 is 0 Å². The average Bonchev–Trinajstić information content (AvgIpc) is 3.02. The zero-order chi connectivity index (χ0) is 19.0. The van der Waals surface area contributed by atoms with E-state index in [0.29, 0.717) is 0 Å². The van der Waals surface area contributed by atoms with Crippen LogP contribution in [0.3, 0.4) is 0 Å². The lowest BCUT2D eigenvalue weighted by Crippen LogP contribution is -2.25. The van der Waals surface area contributed by atoms with Crippen LogP contribution in [-0.4, -0.2) is 42.2 Å². The van der Waals surface area contributed by atoms with Crippen molar-refractivity contribution < 1.29 is 5.11 Å². The van der Waals surface area contributed by atoms with Gasteiger partial charge in [0.25, 0.3) is 0 Å². The maximum atomic E-state index is 9.73. The molecule has 0 spiro atoms. The summed E-state index contributed by atoms with van der Waals surface area (Å²) in [6, 6.07) is 6.10. The van der Waals surface area contributed by atoms with Crippen LogP contribution in [0.25, 0.3) is 5.57 Å². The van der Waals surface area contributed by atoms with Gasteiger partial charge in [0.1, 0.15) is 0 Å². The summed E-state index contributed by atoms with van der Waals surface area (Å²) < 4.78 is 0. The maximum absolute atomic E-state index is 9.73. The van der Waals surface area contributed by atoms with E-state index < -0.39 is 0 Å². The number of aromatic hydroxyl groups is 1. The molecule has 2 aromatic rings. The maximum Gasteiger partial charge on any atom is 0.212 e. The Hall–Kier alpha value is -2.66. The van der Waals surface area contributed by atoms with Crippen LogP contribution in [0, 0.1) is 0 Å². The van der Waals surface area contributed by atoms with Crippen LogP contribution in [0.15, 0.2) is 41.2 Å². The first-order chi connectivity index (χ1) is 13.1. The summed E-state index contributed by atoms with van der Waals surface area (Å²) in [7, 11) is 4.20. The third-order valence-corrected chi connectivity index (χ3v) is 5.27. The summed E-state index contributed by atoms with van der Waals surface area (Å²) >= 11 is 0. The molecule has 0 atom stereocenters. The van der Waals surface area contributed by atoms with Gasteiger partial charge in [-0.2, -0.15) is 0 Å². The van der Waals surface area contributed by atoms with Crippen LogP contribution in [0.4, 0.5) is 5.69 Å². The standard InChI is InChI=1S/C22H26N4O/c1-4-14-6-8-17(23-10-5-11-26(2)3)21-15(14)7-9-18-22(21)16-13-24-20(27)12-19(16)25-18/h6,8-9,12-13,23,27H,4-5,7,10-11H2,1-3H3. The molecule has 1 aliphatic carbocycles. The number of benzene rings is 1.